The molecule has 1 fully saturated rings. The van der Waals surface area contributed by atoms with Gasteiger partial charge in [-0.2, -0.15) is 0 Å². The molecule has 2 atom stereocenters. The van der Waals surface area contributed by atoms with E-state index in [0.717, 1.165) is 5.56 Å². The van der Waals surface area contributed by atoms with Crippen molar-refractivity contribution in [1.82, 2.24) is 10.2 Å². The number of benzene rings is 2. The molecule has 3 N–H and O–H groups in total. The number of rotatable bonds is 11. The molecule has 0 aromatic heterocycles. The number of phenols is 1. The maximum atomic E-state index is 13.2. The standard InChI is InChI=1S/C27H34N2O7/c1-27(26(33)34,17-19-11-14-22(35-2)23(16-19)36-3)28-25(32)21-7-5-15-29(21)24(31)8-4-6-18-9-12-20(30)13-10-18/h9-14,16,21,30H,4-8,15,17H2,1-3H3,(H,28,32)(H,33,34)/t21-,27-/m0/s1. The minimum absolute atomic E-state index is 0.0295. The molecule has 0 saturated carbocycles. The van der Waals surface area contributed by atoms with Gasteiger partial charge in [0.05, 0.1) is 14.2 Å². The third-order valence-electron chi connectivity index (χ3n) is 6.54. The molecule has 0 aliphatic carbocycles. The van der Waals surface area contributed by atoms with E-state index in [1.165, 1.54) is 21.1 Å². The predicted octanol–water partition coefficient (Wildman–Crippen LogP) is 2.93. The van der Waals surface area contributed by atoms with Crippen LogP contribution < -0.4 is 14.8 Å². The number of phenolic OH excluding ortho intramolecular Hbond substituents is 1. The van der Waals surface area contributed by atoms with Gasteiger partial charge in [0.15, 0.2) is 11.5 Å². The minimum Gasteiger partial charge on any atom is -0.508 e. The molecule has 0 spiro atoms. The Labute approximate surface area is 211 Å². The zero-order valence-corrected chi connectivity index (χ0v) is 21.0. The molecule has 1 heterocycles. The van der Waals surface area contributed by atoms with Crippen LogP contribution in [-0.4, -0.2) is 65.2 Å². The highest BCUT2D eigenvalue weighted by Crippen LogP contribution is 2.29. The van der Waals surface area contributed by atoms with Crippen LogP contribution in [0, 0.1) is 0 Å². The molecule has 2 aromatic carbocycles. The van der Waals surface area contributed by atoms with Crippen molar-refractivity contribution < 1.29 is 34.1 Å². The van der Waals surface area contributed by atoms with Crippen LogP contribution in [0.2, 0.25) is 0 Å². The Kier molecular flexibility index (Phi) is 8.79. The Morgan fingerprint density at radius 3 is 2.36 bits per heavy atom. The second-order valence-corrected chi connectivity index (χ2v) is 9.26. The number of aryl methyl sites for hydroxylation is 1. The number of nitrogens with zero attached hydrogens (tertiary/aromatic N) is 1. The van der Waals surface area contributed by atoms with Gasteiger partial charge in [0.1, 0.15) is 17.3 Å². The van der Waals surface area contributed by atoms with Crippen molar-refractivity contribution in [2.45, 2.75) is 57.0 Å². The summed E-state index contributed by atoms with van der Waals surface area (Å²) < 4.78 is 10.5. The summed E-state index contributed by atoms with van der Waals surface area (Å²) in [6, 6.07) is 11.3. The van der Waals surface area contributed by atoms with E-state index in [1.807, 2.05) is 12.1 Å². The first-order valence-electron chi connectivity index (χ1n) is 12.0. The number of nitrogens with one attached hydrogen (secondary N) is 1. The van der Waals surface area contributed by atoms with Crippen LogP contribution in [0.15, 0.2) is 42.5 Å². The smallest absolute Gasteiger partial charge is 0.329 e. The zero-order valence-electron chi connectivity index (χ0n) is 21.0. The summed E-state index contributed by atoms with van der Waals surface area (Å²) in [5.41, 5.74) is 0.0995. The summed E-state index contributed by atoms with van der Waals surface area (Å²) >= 11 is 0. The van der Waals surface area contributed by atoms with Crippen LogP contribution in [0.4, 0.5) is 0 Å². The molecule has 36 heavy (non-hydrogen) atoms. The van der Waals surface area contributed by atoms with Crippen LogP contribution in [0.5, 0.6) is 17.2 Å². The number of likely N-dealkylation sites (tertiary alicyclic amines) is 1. The van der Waals surface area contributed by atoms with E-state index >= 15 is 0 Å². The molecule has 1 saturated heterocycles. The highest BCUT2D eigenvalue weighted by molar-refractivity contribution is 5.92. The number of aromatic hydroxyl groups is 1. The predicted molar refractivity (Wildman–Crippen MR) is 133 cm³/mol. The normalized spacial score (nSPS) is 16.8. The largest absolute Gasteiger partial charge is 0.508 e. The van der Waals surface area contributed by atoms with E-state index in [4.69, 9.17) is 9.47 Å². The van der Waals surface area contributed by atoms with Crippen molar-refractivity contribution in [3.8, 4) is 17.2 Å². The van der Waals surface area contributed by atoms with Gasteiger partial charge in [0.25, 0.3) is 0 Å². The molecule has 3 rings (SSSR count). The maximum absolute atomic E-state index is 13.2. The van der Waals surface area contributed by atoms with Gasteiger partial charge in [-0.05, 0) is 68.0 Å². The molecular weight excluding hydrogens is 464 g/mol. The van der Waals surface area contributed by atoms with Crippen LogP contribution in [0.1, 0.15) is 43.7 Å². The van der Waals surface area contributed by atoms with Gasteiger partial charge in [-0.15, -0.1) is 0 Å². The second-order valence-electron chi connectivity index (χ2n) is 9.26. The molecule has 0 unspecified atom stereocenters. The summed E-state index contributed by atoms with van der Waals surface area (Å²) in [4.78, 5) is 39.8. The lowest BCUT2D eigenvalue weighted by molar-refractivity contribution is -0.148. The minimum atomic E-state index is -1.58. The van der Waals surface area contributed by atoms with Gasteiger partial charge in [0, 0.05) is 19.4 Å². The Bertz CT molecular complexity index is 1090. The number of carbonyl (C=O) groups is 3. The molecule has 0 radical (unpaired) electrons. The van der Waals surface area contributed by atoms with Crippen molar-refractivity contribution in [1.29, 1.82) is 0 Å². The van der Waals surface area contributed by atoms with E-state index in [2.05, 4.69) is 5.32 Å². The molecule has 0 bridgehead atoms. The molecular formula is C27H34N2O7. The van der Waals surface area contributed by atoms with Crippen LogP contribution >= 0.6 is 0 Å². The summed E-state index contributed by atoms with van der Waals surface area (Å²) in [5.74, 6) is -0.578. The molecule has 9 nitrogen and oxygen atoms in total. The molecule has 9 heteroatoms. The number of methoxy groups -OCH3 is 2. The third-order valence-corrected chi connectivity index (χ3v) is 6.54. The molecule has 2 aromatic rings. The topological polar surface area (TPSA) is 125 Å². The maximum Gasteiger partial charge on any atom is 0.329 e. The van der Waals surface area contributed by atoms with Gasteiger partial charge < -0.3 is 29.9 Å². The summed E-state index contributed by atoms with van der Waals surface area (Å²) in [7, 11) is 3.01. The first-order valence-corrected chi connectivity index (χ1v) is 12.0. The van der Waals surface area contributed by atoms with Crippen LogP contribution in [-0.2, 0) is 27.2 Å². The third kappa shape index (κ3) is 6.47. The van der Waals surface area contributed by atoms with Gasteiger partial charge in [-0.25, -0.2) is 4.79 Å². The molecule has 194 valence electrons. The van der Waals surface area contributed by atoms with Crippen molar-refractivity contribution in [2.24, 2.45) is 0 Å². The van der Waals surface area contributed by atoms with Gasteiger partial charge in [0.2, 0.25) is 11.8 Å². The monoisotopic (exact) mass is 498 g/mol. The number of hydrogen-bond donors (Lipinski definition) is 3. The number of amides is 2. The van der Waals surface area contributed by atoms with Gasteiger partial charge >= 0.3 is 5.97 Å². The van der Waals surface area contributed by atoms with E-state index < -0.39 is 23.5 Å². The van der Waals surface area contributed by atoms with Crippen molar-refractivity contribution in [3.63, 3.8) is 0 Å². The fraction of sp³-hybridized carbons (Fsp3) is 0.444. The van der Waals surface area contributed by atoms with Crippen LogP contribution in [0.25, 0.3) is 0 Å². The summed E-state index contributed by atoms with van der Waals surface area (Å²) in [6.45, 7) is 1.93. The number of carbonyl (C=O) groups excluding carboxylic acids is 2. The van der Waals surface area contributed by atoms with E-state index in [1.54, 1.807) is 35.2 Å². The summed E-state index contributed by atoms with van der Waals surface area (Å²) in [5, 5.41) is 22.0. The molecule has 1 aliphatic rings. The highest BCUT2D eigenvalue weighted by atomic mass is 16.5. The Balaban J connectivity index is 1.63. The van der Waals surface area contributed by atoms with Gasteiger partial charge in [-0.3, -0.25) is 9.59 Å². The second kappa shape index (κ2) is 11.8. The van der Waals surface area contributed by atoms with Crippen molar-refractivity contribution in [3.05, 3.63) is 53.6 Å². The number of ether oxygens (including phenoxy) is 2. The lowest BCUT2D eigenvalue weighted by Crippen LogP contribution is -2.58. The van der Waals surface area contributed by atoms with Gasteiger partial charge in [-0.1, -0.05) is 18.2 Å². The van der Waals surface area contributed by atoms with E-state index in [-0.39, 0.29) is 24.5 Å². The van der Waals surface area contributed by atoms with E-state index in [9.17, 15) is 24.6 Å². The lowest BCUT2D eigenvalue weighted by Gasteiger charge is -2.31. The van der Waals surface area contributed by atoms with Crippen LogP contribution in [0.3, 0.4) is 0 Å². The van der Waals surface area contributed by atoms with E-state index in [0.29, 0.717) is 49.3 Å². The fourth-order valence-electron chi connectivity index (χ4n) is 4.52. The first kappa shape index (κ1) is 26.8. The first-order chi connectivity index (χ1) is 17.2. The average Bonchev–Trinajstić information content (AvgIpc) is 3.35. The summed E-state index contributed by atoms with van der Waals surface area (Å²) in [6.07, 6.45) is 2.77. The lowest BCUT2D eigenvalue weighted by atomic mass is 9.92. The fourth-order valence-corrected chi connectivity index (χ4v) is 4.52. The Hall–Kier alpha value is -3.75. The number of hydrogen-bond acceptors (Lipinski definition) is 6. The zero-order chi connectivity index (χ0) is 26.3. The SMILES string of the molecule is COc1ccc(C[C@](C)(NC(=O)[C@@H]2CCCN2C(=O)CCCc2ccc(O)cc2)C(=O)O)cc1OC. The molecule has 1 aliphatic heterocycles. The van der Waals surface area contributed by atoms with Crippen molar-refractivity contribution in [2.75, 3.05) is 20.8 Å². The Morgan fingerprint density at radius 1 is 1.06 bits per heavy atom. The molecule has 2 amide bonds. The highest BCUT2D eigenvalue weighted by Gasteiger charge is 2.40. The Morgan fingerprint density at radius 2 is 1.72 bits per heavy atom. The number of carboxylic acid groups (broad SMARTS) is 1. The number of carboxylic acids is 1. The quantitative estimate of drug-likeness (QED) is 0.435. The van der Waals surface area contributed by atoms with Crippen molar-refractivity contribution >= 4 is 17.8 Å². The number of aliphatic carboxylic acids is 1. The average molecular weight is 499 g/mol.